The smallest absolute Gasteiger partial charge is 0.307 e. The van der Waals surface area contributed by atoms with Gasteiger partial charge < -0.3 is 9.84 Å². The van der Waals surface area contributed by atoms with Crippen molar-refractivity contribution >= 4 is 15.8 Å². The zero-order valence-electron chi connectivity index (χ0n) is 11.3. The van der Waals surface area contributed by atoms with Gasteiger partial charge in [-0.3, -0.25) is 4.79 Å². The van der Waals surface area contributed by atoms with Gasteiger partial charge in [0.1, 0.15) is 15.6 Å². The topological polar surface area (TPSA) is 80.7 Å². The summed E-state index contributed by atoms with van der Waals surface area (Å²) in [5, 5.41) is 9.35. The molecule has 20 heavy (non-hydrogen) atoms. The van der Waals surface area contributed by atoms with Gasteiger partial charge in [-0.1, -0.05) is 12.1 Å². The lowest BCUT2D eigenvalue weighted by molar-refractivity contribution is -0.142. The third-order valence-electron chi connectivity index (χ3n) is 3.83. The van der Waals surface area contributed by atoms with E-state index < -0.39 is 21.7 Å². The molecule has 1 aromatic carbocycles. The van der Waals surface area contributed by atoms with E-state index in [4.69, 9.17) is 4.74 Å². The molecule has 0 aliphatic carbocycles. The van der Waals surface area contributed by atoms with Gasteiger partial charge in [-0.2, -0.15) is 0 Å². The van der Waals surface area contributed by atoms with Crippen LogP contribution in [0.5, 0.6) is 5.75 Å². The number of benzene rings is 1. The fourth-order valence-electron chi connectivity index (χ4n) is 2.66. The SMILES string of the molecule is COc1ccc(C2CCS(=O)(=O)CCC2C(=O)O)cc1. The lowest BCUT2D eigenvalue weighted by atomic mass is 9.82. The zero-order chi connectivity index (χ0) is 14.8. The molecular formula is C14H18O5S. The van der Waals surface area contributed by atoms with Crippen LogP contribution < -0.4 is 4.74 Å². The monoisotopic (exact) mass is 298 g/mol. The molecule has 0 aromatic heterocycles. The van der Waals surface area contributed by atoms with Crippen molar-refractivity contribution in [1.82, 2.24) is 0 Å². The molecule has 6 heteroatoms. The van der Waals surface area contributed by atoms with Gasteiger partial charge in [-0.15, -0.1) is 0 Å². The summed E-state index contributed by atoms with van der Waals surface area (Å²) in [6.07, 6.45) is 0.528. The van der Waals surface area contributed by atoms with Crippen LogP contribution in [0, 0.1) is 5.92 Å². The molecule has 0 amide bonds. The van der Waals surface area contributed by atoms with Gasteiger partial charge in [-0.25, -0.2) is 8.42 Å². The Morgan fingerprint density at radius 2 is 1.80 bits per heavy atom. The first kappa shape index (κ1) is 14.8. The molecule has 1 N–H and O–H groups in total. The molecule has 1 aliphatic rings. The van der Waals surface area contributed by atoms with Gasteiger partial charge in [0, 0.05) is 0 Å². The summed E-state index contributed by atoms with van der Waals surface area (Å²) >= 11 is 0. The minimum Gasteiger partial charge on any atom is -0.497 e. The van der Waals surface area contributed by atoms with Crippen LogP contribution in [0.1, 0.15) is 24.3 Å². The molecule has 1 aromatic rings. The van der Waals surface area contributed by atoms with Crippen LogP contribution in [0.3, 0.4) is 0 Å². The van der Waals surface area contributed by atoms with Crippen molar-refractivity contribution in [2.24, 2.45) is 5.92 Å². The van der Waals surface area contributed by atoms with Gasteiger partial charge in [-0.05, 0) is 36.5 Å². The van der Waals surface area contributed by atoms with E-state index in [0.29, 0.717) is 12.2 Å². The van der Waals surface area contributed by atoms with E-state index in [1.165, 1.54) is 0 Å². The second kappa shape index (κ2) is 5.83. The predicted molar refractivity (Wildman–Crippen MR) is 74.7 cm³/mol. The van der Waals surface area contributed by atoms with Crippen molar-refractivity contribution in [3.8, 4) is 5.75 Å². The summed E-state index contributed by atoms with van der Waals surface area (Å²) in [6.45, 7) is 0. The Hall–Kier alpha value is -1.56. The van der Waals surface area contributed by atoms with Crippen molar-refractivity contribution < 1.29 is 23.1 Å². The Morgan fingerprint density at radius 1 is 1.20 bits per heavy atom. The first-order valence-electron chi connectivity index (χ1n) is 6.50. The number of carboxylic acid groups (broad SMARTS) is 1. The quantitative estimate of drug-likeness (QED) is 0.918. The molecule has 2 atom stereocenters. The average molecular weight is 298 g/mol. The normalized spacial score (nSPS) is 25.6. The molecule has 1 aliphatic heterocycles. The van der Waals surface area contributed by atoms with E-state index in [1.54, 1.807) is 19.2 Å². The highest BCUT2D eigenvalue weighted by Crippen LogP contribution is 2.35. The molecule has 1 fully saturated rings. The van der Waals surface area contributed by atoms with Crippen LogP contribution in [0.4, 0.5) is 0 Å². The van der Waals surface area contributed by atoms with Crippen LogP contribution in [-0.4, -0.2) is 38.1 Å². The van der Waals surface area contributed by atoms with Crippen LogP contribution in [0.25, 0.3) is 0 Å². The van der Waals surface area contributed by atoms with E-state index in [1.807, 2.05) is 12.1 Å². The molecule has 2 rings (SSSR count). The standard InChI is InChI=1S/C14H18O5S/c1-19-11-4-2-10(3-5-11)12-6-8-20(17,18)9-7-13(12)14(15)16/h2-5,12-13H,6-9H2,1H3,(H,15,16). The van der Waals surface area contributed by atoms with Crippen LogP contribution >= 0.6 is 0 Å². The van der Waals surface area contributed by atoms with Gasteiger partial charge in [0.05, 0.1) is 24.5 Å². The first-order chi connectivity index (χ1) is 9.43. The van der Waals surface area contributed by atoms with Crippen LogP contribution in [0.15, 0.2) is 24.3 Å². The number of hydrogen-bond acceptors (Lipinski definition) is 4. The van der Waals surface area contributed by atoms with E-state index >= 15 is 0 Å². The fourth-order valence-corrected chi connectivity index (χ4v) is 4.09. The molecule has 0 bridgehead atoms. The first-order valence-corrected chi connectivity index (χ1v) is 8.32. The minimum atomic E-state index is -3.13. The van der Waals surface area contributed by atoms with Gasteiger partial charge in [0.15, 0.2) is 0 Å². The number of rotatable bonds is 3. The number of carboxylic acids is 1. The average Bonchev–Trinajstić information content (AvgIpc) is 2.57. The van der Waals surface area contributed by atoms with Gasteiger partial charge >= 0.3 is 5.97 Å². The molecular weight excluding hydrogens is 280 g/mol. The summed E-state index contributed by atoms with van der Waals surface area (Å²) in [5.41, 5.74) is 0.857. The van der Waals surface area contributed by atoms with Crippen molar-refractivity contribution in [3.63, 3.8) is 0 Å². The second-order valence-corrected chi connectivity index (χ2v) is 7.36. The molecule has 1 saturated heterocycles. The zero-order valence-corrected chi connectivity index (χ0v) is 12.1. The molecule has 0 saturated carbocycles. The maximum absolute atomic E-state index is 11.7. The molecule has 0 spiro atoms. The van der Waals surface area contributed by atoms with Crippen molar-refractivity contribution in [2.45, 2.75) is 18.8 Å². The number of ether oxygens (including phenoxy) is 1. The van der Waals surface area contributed by atoms with Crippen LogP contribution in [0.2, 0.25) is 0 Å². The highest BCUT2D eigenvalue weighted by Gasteiger charge is 2.34. The summed E-state index contributed by atoms with van der Waals surface area (Å²) in [4.78, 5) is 11.4. The lowest BCUT2D eigenvalue weighted by Crippen LogP contribution is -2.22. The highest BCUT2D eigenvalue weighted by atomic mass is 32.2. The molecule has 2 unspecified atom stereocenters. The Kier molecular flexibility index (Phi) is 4.32. The Morgan fingerprint density at radius 3 is 2.35 bits per heavy atom. The molecule has 0 radical (unpaired) electrons. The highest BCUT2D eigenvalue weighted by molar-refractivity contribution is 7.91. The van der Waals surface area contributed by atoms with E-state index in [2.05, 4.69) is 0 Å². The second-order valence-electron chi connectivity index (χ2n) is 5.05. The van der Waals surface area contributed by atoms with Crippen molar-refractivity contribution in [3.05, 3.63) is 29.8 Å². The summed E-state index contributed by atoms with van der Waals surface area (Å²) in [6, 6.07) is 7.18. The predicted octanol–water partition coefficient (Wildman–Crippen LogP) is 1.69. The fraction of sp³-hybridized carbons (Fsp3) is 0.500. The Labute approximate surface area is 118 Å². The maximum atomic E-state index is 11.7. The number of hydrogen-bond donors (Lipinski definition) is 1. The summed E-state index contributed by atoms with van der Waals surface area (Å²) in [7, 11) is -1.56. The number of sulfone groups is 1. The molecule has 1 heterocycles. The Balaban J connectivity index is 2.31. The largest absolute Gasteiger partial charge is 0.497 e. The van der Waals surface area contributed by atoms with Gasteiger partial charge in [0.2, 0.25) is 0 Å². The summed E-state index contributed by atoms with van der Waals surface area (Å²) in [5.74, 6) is -1.15. The molecule has 110 valence electrons. The van der Waals surface area contributed by atoms with Crippen LogP contribution in [-0.2, 0) is 14.6 Å². The number of methoxy groups -OCH3 is 1. The van der Waals surface area contributed by atoms with Crippen molar-refractivity contribution in [2.75, 3.05) is 18.6 Å². The van der Waals surface area contributed by atoms with E-state index in [-0.39, 0.29) is 23.8 Å². The lowest BCUT2D eigenvalue weighted by Gasteiger charge is -2.21. The molecule has 5 nitrogen and oxygen atoms in total. The number of aliphatic carboxylic acids is 1. The van der Waals surface area contributed by atoms with E-state index in [9.17, 15) is 18.3 Å². The third-order valence-corrected chi connectivity index (χ3v) is 5.54. The van der Waals surface area contributed by atoms with E-state index in [0.717, 1.165) is 5.56 Å². The van der Waals surface area contributed by atoms with Crippen molar-refractivity contribution in [1.29, 1.82) is 0 Å². The summed E-state index contributed by atoms with van der Waals surface area (Å²) < 4.78 is 28.5. The number of carbonyl (C=O) groups is 1. The Bertz CT molecular complexity index is 576. The third kappa shape index (κ3) is 3.30. The minimum absolute atomic E-state index is 0.0450. The maximum Gasteiger partial charge on any atom is 0.307 e. The van der Waals surface area contributed by atoms with Gasteiger partial charge in [0.25, 0.3) is 0 Å².